The van der Waals surface area contributed by atoms with Gasteiger partial charge in [-0.05, 0) is 37.1 Å². The first-order valence-corrected chi connectivity index (χ1v) is 8.75. The van der Waals surface area contributed by atoms with Gasteiger partial charge in [-0.25, -0.2) is 0 Å². The van der Waals surface area contributed by atoms with E-state index in [1.165, 1.54) is 11.3 Å². The molecule has 1 unspecified atom stereocenters. The average Bonchev–Trinajstić information content (AvgIpc) is 2.95. The Hall–Kier alpha value is -2.69. The van der Waals surface area contributed by atoms with Crippen LogP contribution in [0.2, 0.25) is 0 Å². The van der Waals surface area contributed by atoms with Crippen LogP contribution in [-0.4, -0.2) is 31.7 Å². The molecule has 2 aromatic rings. The van der Waals surface area contributed by atoms with Crippen LogP contribution in [0.25, 0.3) is 0 Å². The maximum atomic E-state index is 12.3. The number of fused-ring (bicyclic) bond motifs is 2. The van der Waals surface area contributed by atoms with Crippen molar-refractivity contribution in [1.82, 2.24) is 0 Å². The van der Waals surface area contributed by atoms with E-state index in [0.717, 1.165) is 17.9 Å². The quantitative estimate of drug-likeness (QED) is 0.930. The smallest absolute Gasteiger partial charge is 0.226 e. The lowest BCUT2D eigenvalue weighted by atomic mass is 10.1. The molecule has 2 aromatic carbocycles. The van der Waals surface area contributed by atoms with Crippen molar-refractivity contribution >= 4 is 17.3 Å². The minimum Gasteiger partial charge on any atom is -0.486 e. The number of carbonyl (C=O) groups excluding carboxylic acids is 1. The molecule has 5 nitrogen and oxygen atoms in total. The molecule has 5 heteroatoms. The van der Waals surface area contributed by atoms with Crippen molar-refractivity contribution < 1.29 is 14.3 Å². The van der Waals surface area contributed by atoms with Crippen molar-refractivity contribution in [2.75, 3.05) is 30.0 Å². The van der Waals surface area contributed by atoms with Crippen LogP contribution in [0.5, 0.6) is 11.5 Å². The second kappa shape index (κ2) is 6.67. The fourth-order valence-corrected chi connectivity index (χ4v) is 3.54. The summed E-state index contributed by atoms with van der Waals surface area (Å²) in [7, 11) is 0. The summed E-state index contributed by atoms with van der Waals surface area (Å²) >= 11 is 0. The Kier molecular flexibility index (Phi) is 4.22. The number of benzene rings is 2. The van der Waals surface area contributed by atoms with Gasteiger partial charge in [0.25, 0.3) is 0 Å². The molecule has 4 rings (SSSR count). The Morgan fingerprint density at radius 1 is 1.16 bits per heavy atom. The first-order valence-electron chi connectivity index (χ1n) is 8.75. The van der Waals surface area contributed by atoms with Crippen molar-refractivity contribution in [1.29, 1.82) is 0 Å². The molecule has 0 saturated heterocycles. The highest BCUT2D eigenvalue weighted by Gasteiger charge is 2.25. The Labute approximate surface area is 147 Å². The standard InChI is InChI=1S/C20H22N2O3/c1-14-12-15-4-2-3-5-17(15)22(14)9-8-20(23)21-16-6-7-18-19(13-16)25-11-10-24-18/h2-7,13-14H,8-12H2,1H3,(H,21,23). The third-order valence-corrected chi connectivity index (χ3v) is 4.75. The molecule has 0 saturated carbocycles. The first kappa shape index (κ1) is 15.8. The lowest BCUT2D eigenvalue weighted by molar-refractivity contribution is -0.116. The molecular weight excluding hydrogens is 316 g/mol. The minimum atomic E-state index is 0.00765. The fourth-order valence-electron chi connectivity index (χ4n) is 3.54. The largest absolute Gasteiger partial charge is 0.486 e. The number of anilines is 2. The van der Waals surface area contributed by atoms with E-state index >= 15 is 0 Å². The molecule has 25 heavy (non-hydrogen) atoms. The number of carbonyl (C=O) groups is 1. The van der Waals surface area contributed by atoms with Crippen LogP contribution in [0.15, 0.2) is 42.5 Å². The predicted octanol–water partition coefficient (Wildman–Crippen LogP) is 3.24. The Morgan fingerprint density at radius 2 is 1.96 bits per heavy atom. The maximum Gasteiger partial charge on any atom is 0.226 e. The molecule has 2 aliphatic heterocycles. The van der Waals surface area contributed by atoms with E-state index in [1.54, 1.807) is 0 Å². The molecule has 1 atom stereocenters. The number of para-hydroxylation sites is 1. The summed E-state index contributed by atoms with van der Waals surface area (Å²) in [6.07, 6.45) is 1.49. The summed E-state index contributed by atoms with van der Waals surface area (Å²) < 4.78 is 11.1. The number of amides is 1. The van der Waals surface area contributed by atoms with Crippen molar-refractivity contribution in [3.05, 3.63) is 48.0 Å². The van der Waals surface area contributed by atoms with Gasteiger partial charge in [-0.1, -0.05) is 18.2 Å². The van der Waals surface area contributed by atoms with E-state index in [-0.39, 0.29) is 5.91 Å². The molecule has 0 radical (unpaired) electrons. The summed E-state index contributed by atoms with van der Waals surface area (Å²) in [5.41, 5.74) is 3.36. The SMILES string of the molecule is CC1Cc2ccccc2N1CCC(=O)Nc1ccc2c(c1)OCCO2. The van der Waals surface area contributed by atoms with Gasteiger partial charge in [-0.3, -0.25) is 4.79 Å². The Morgan fingerprint density at radius 3 is 2.84 bits per heavy atom. The van der Waals surface area contributed by atoms with Gasteiger partial charge in [0.2, 0.25) is 5.91 Å². The molecule has 2 heterocycles. The summed E-state index contributed by atoms with van der Waals surface area (Å²) in [5, 5.41) is 2.95. The Bertz CT molecular complexity index is 790. The highest BCUT2D eigenvalue weighted by molar-refractivity contribution is 5.91. The van der Waals surface area contributed by atoms with Gasteiger partial charge >= 0.3 is 0 Å². The van der Waals surface area contributed by atoms with Crippen LogP contribution >= 0.6 is 0 Å². The topological polar surface area (TPSA) is 50.8 Å². The van der Waals surface area contributed by atoms with Crippen LogP contribution in [-0.2, 0) is 11.2 Å². The summed E-state index contributed by atoms with van der Waals surface area (Å²) in [5.74, 6) is 1.42. The van der Waals surface area contributed by atoms with Gasteiger partial charge in [0, 0.05) is 36.4 Å². The van der Waals surface area contributed by atoms with E-state index in [0.29, 0.717) is 38.0 Å². The molecule has 130 valence electrons. The van der Waals surface area contributed by atoms with E-state index in [4.69, 9.17) is 9.47 Å². The molecule has 0 bridgehead atoms. The minimum absolute atomic E-state index is 0.00765. The van der Waals surface area contributed by atoms with Crippen molar-refractivity contribution in [2.45, 2.75) is 25.8 Å². The average molecular weight is 338 g/mol. The third kappa shape index (κ3) is 3.27. The molecule has 0 aliphatic carbocycles. The number of nitrogens with zero attached hydrogens (tertiary/aromatic N) is 1. The summed E-state index contributed by atoms with van der Waals surface area (Å²) in [6.45, 7) is 4.03. The van der Waals surface area contributed by atoms with Gasteiger partial charge in [0.15, 0.2) is 11.5 Å². The zero-order valence-electron chi connectivity index (χ0n) is 14.3. The van der Waals surface area contributed by atoms with Crippen LogP contribution < -0.4 is 19.7 Å². The van der Waals surface area contributed by atoms with Gasteiger partial charge in [0.1, 0.15) is 13.2 Å². The van der Waals surface area contributed by atoms with E-state index in [1.807, 2.05) is 18.2 Å². The predicted molar refractivity (Wildman–Crippen MR) is 97.6 cm³/mol. The molecule has 0 aromatic heterocycles. The molecular formula is C20H22N2O3. The monoisotopic (exact) mass is 338 g/mol. The van der Waals surface area contributed by atoms with Gasteiger partial charge in [-0.2, -0.15) is 0 Å². The van der Waals surface area contributed by atoms with E-state index < -0.39 is 0 Å². The Balaban J connectivity index is 1.37. The lowest BCUT2D eigenvalue weighted by Gasteiger charge is -2.24. The van der Waals surface area contributed by atoms with Gasteiger partial charge in [-0.15, -0.1) is 0 Å². The van der Waals surface area contributed by atoms with Crippen molar-refractivity contribution in [2.24, 2.45) is 0 Å². The van der Waals surface area contributed by atoms with Crippen LogP contribution in [0.3, 0.4) is 0 Å². The van der Waals surface area contributed by atoms with Crippen molar-refractivity contribution in [3.8, 4) is 11.5 Å². The van der Waals surface area contributed by atoms with Crippen LogP contribution in [0, 0.1) is 0 Å². The highest BCUT2D eigenvalue weighted by Crippen LogP contribution is 2.33. The van der Waals surface area contributed by atoms with E-state index in [9.17, 15) is 4.79 Å². The fraction of sp³-hybridized carbons (Fsp3) is 0.350. The summed E-state index contributed by atoms with van der Waals surface area (Å²) in [6, 6.07) is 14.4. The van der Waals surface area contributed by atoms with Gasteiger partial charge in [0.05, 0.1) is 0 Å². The zero-order chi connectivity index (χ0) is 17.2. The lowest BCUT2D eigenvalue weighted by Crippen LogP contribution is -2.32. The first-order chi connectivity index (χ1) is 12.2. The van der Waals surface area contributed by atoms with Crippen LogP contribution in [0.4, 0.5) is 11.4 Å². The molecule has 2 aliphatic rings. The number of rotatable bonds is 4. The van der Waals surface area contributed by atoms with E-state index in [2.05, 4.69) is 41.4 Å². The second-order valence-corrected chi connectivity index (χ2v) is 6.53. The number of ether oxygens (including phenoxy) is 2. The molecule has 0 spiro atoms. The number of nitrogens with one attached hydrogen (secondary N) is 1. The number of hydrogen-bond donors (Lipinski definition) is 1. The van der Waals surface area contributed by atoms with Crippen molar-refractivity contribution in [3.63, 3.8) is 0 Å². The molecule has 0 fully saturated rings. The second-order valence-electron chi connectivity index (χ2n) is 6.53. The molecule has 1 amide bonds. The summed E-state index contributed by atoms with van der Waals surface area (Å²) in [4.78, 5) is 14.7. The number of hydrogen-bond acceptors (Lipinski definition) is 4. The van der Waals surface area contributed by atoms with Gasteiger partial charge < -0.3 is 19.7 Å². The van der Waals surface area contributed by atoms with Crippen LogP contribution in [0.1, 0.15) is 18.9 Å². The maximum absolute atomic E-state index is 12.3. The third-order valence-electron chi connectivity index (χ3n) is 4.75. The highest BCUT2D eigenvalue weighted by atomic mass is 16.6. The molecule has 1 N–H and O–H groups in total. The normalized spacial score (nSPS) is 18.0. The zero-order valence-corrected chi connectivity index (χ0v) is 14.3.